The molecular formula is C15H17N3O2S. The summed E-state index contributed by atoms with van der Waals surface area (Å²) in [6.45, 7) is 5.09. The summed E-state index contributed by atoms with van der Waals surface area (Å²) in [4.78, 5) is 15.5. The van der Waals surface area contributed by atoms with E-state index >= 15 is 0 Å². The maximum absolute atomic E-state index is 10.6. The first-order valence-corrected chi connectivity index (χ1v) is 7.53. The van der Waals surface area contributed by atoms with E-state index in [9.17, 15) is 10.1 Å². The van der Waals surface area contributed by atoms with E-state index in [1.54, 1.807) is 18.3 Å². The van der Waals surface area contributed by atoms with E-state index in [2.05, 4.69) is 24.1 Å². The Morgan fingerprint density at radius 3 is 2.67 bits per heavy atom. The number of hydrogen-bond donors (Lipinski definition) is 1. The Balaban J connectivity index is 2.12. The van der Waals surface area contributed by atoms with Crippen molar-refractivity contribution in [2.24, 2.45) is 0 Å². The lowest BCUT2D eigenvalue weighted by Gasteiger charge is -2.13. The number of nitrogens with zero attached hydrogens (tertiary/aromatic N) is 2. The fraction of sp³-hybridized carbons (Fsp3) is 0.267. The Labute approximate surface area is 127 Å². The molecule has 110 valence electrons. The Bertz CT molecular complexity index is 617. The summed E-state index contributed by atoms with van der Waals surface area (Å²) < 4.78 is 0. The van der Waals surface area contributed by atoms with Gasteiger partial charge in [0.15, 0.2) is 0 Å². The van der Waals surface area contributed by atoms with Crippen LogP contribution >= 0.6 is 11.8 Å². The highest BCUT2D eigenvalue weighted by atomic mass is 32.2. The highest BCUT2D eigenvalue weighted by Gasteiger charge is 2.08. The van der Waals surface area contributed by atoms with Crippen molar-refractivity contribution in [2.45, 2.75) is 29.8 Å². The summed E-state index contributed by atoms with van der Waals surface area (Å²) in [6.07, 6.45) is 1.79. The summed E-state index contributed by atoms with van der Waals surface area (Å²) in [5.74, 6) is 0. The molecule has 1 unspecified atom stereocenters. The van der Waals surface area contributed by atoms with Gasteiger partial charge >= 0.3 is 0 Å². The number of hydrogen-bond acceptors (Lipinski definition) is 5. The standard InChI is InChI=1S/C15H17N3O2S/c1-3-16-11(2)12-8-9-17-15(10-12)21-14-6-4-13(5-7-14)18(19)20/h4-11,16H,3H2,1-2H3. The maximum atomic E-state index is 10.6. The van der Waals surface area contributed by atoms with Crippen LogP contribution in [0.2, 0.25) is 0 Å². The fourth-order valence-corrected chi connectivity index (χ4v) is 2.75. The van der Waals surface area contributed by atoms with Crippen LogP contribution in [0.15, 0.2) is 52.5 Å². The molecule has 0 aliphatic heterocycles. The molecule has 1 aromatic carbocycles. The molecule has 0 spiro atoms. The molecule has 0 saturated heterocycles. The van der Waals surface area contributed by atoms with Gasteiger partial charge in [-0.25, -0.2) is 4.98 Å². The summed E-state index contributed by atoms with van der Waals surface area (Å²) >= 11 is 1.50. The molecule has 2 rings (SSSR count). The molecule has 0 aliphatic rings. The quantitative estimate of drug-likeness (QED) is 0.649. The number of nitro groups is 1. The first kappa shape index (κ1) is 15.5. The third kappa shape index (κ3) is 4.27. The Kier molecular flexibility index (Phi) is 5.30. The largest absolute Gasteiger partial charge is 0.310 e. The van der Waals surface area contributed by atoms with E-state index < -0.39 is 4.92 Å². The van der Waals surface area contributed by atoms with Crippen LogP contribution < -0.4 is 5.32 Å². The van der Waals surface area contributed by atoms with Gasteiger partial charge < -0.3 is 5.32 Å². The minimum atomic E-state index is -0.397. The van der Waals surface area contributed by atoms with Crippen LogP contribution in [0.3, 0.4) is 0 Å². The summed E-state index contributed by atoms with van der Waals surface area (Å²) in [5, 5.41) is 14.9. The SMILES string of the molecule is CCNC(C)c1ccnc(Sc2ccc([N+](=O)[O-])cc2)c1. The molecule has 0 aliphatic carbocycles. The normalized spacial score (nSPS) is 12.1. The second-order valence-electron chi connectivity index (χ2n) is 4.56. The van der Waals surface area contributed by atoms with Gasteiger partial charge in [0.25, 0.3) is 5.69 Å². The van der Waals surface area contributed by atoms with Gasteiger partial charge in [0, 0.05) is 29.3 Å². The van der Waals surface area contributed by atoms with Crippen LogP contribution in [-0.2, 0) is 0 Å². The van der Waals surface area contributed by atoms with Gasteiger partial charge in [-0.2, -0.15) is 0 Å². The molecule has 1 heterocycles. The Morgan fingerprint density at radius 2 is 2.05 bits per heavy atom. The molecule has 0 amide bonds. The molecule has 1 aromatic heterocycles. The minimum absolute atomic E-state index is 0.0989. The number of pyridine rings is 1. The highest BCUT2D eigenvalue weighted by molar-refractivity contribution is 7.99. The number of nitrogens with one attached hydrogen (secondary N) is 1. The highest BCUT2D eigenvalue weighted by Crippen LogP contribution is 2.28. The maximum Gasteiger partial charge on any atom is 0.269 e. The Morgan fingerprint density at radius 1 is 1.33 bits per heavy atom. The lowest BCUT2D eigenvalue weighted by molar-refractivity contribution is -0.384. The second-order valence-corrected chi connectivity index (χ2v) is 5.65. The van der Waals surface area contributed by atoms with Crippen LogP contribution in [0.1, 0.15) is 25.5 Å². The van der Waals surface area contributed by atoms with Crippen molar-refractivity contribution in [2.75, 3.05) is 6.54 Å². The number of non-ortho nitro benzene ring substituents is 1. The van der Waals surface area contributed by atoms with Crippen molar-refractivity contribution in [1.29, 1.82) is 0 Å². The lowest BCUT2D eigenvalue weighted by Crippen LogP contribution is -2.17. The molecule has 1 N–H and O–H groups in total. The molecule has 2 aromatic rings. The molecule has 21 heavy (non-hydrogen) atoms. The zero-order valence-corrected chi connectivity index (χ0v) is 12.8. The summed E-state index contributed by atoms with van der Waals surface area (Å²) in [7, 11) is 0. The first-order chi connectivity index (χ1) is 10.1. The monoisotopic (exact) mass is 303 g/mol. The molecule has 1 atom stereocenters. The molecule has 0 radical (unpaired) electrons. The topological polar surface area (TPSA) is 68.1 Å². The van der Waals surface area contributed by atoms with Gasteiger partial charge in [-0.1, -0.05) is 18.7 Å². The number of aromatic nitrogens is 1. The van der Waals surface area contributed by atoms with Gasteiger partial charge in [0.2, 0.25) is 0 Å². The van der Waals surface area contributed by atoms with E-state index in [0.29, 0.717) is 0 Å². The third-order valence-electron chi connectivity index (χ3n) is 3.04. The molecule has 6 heteroatoms. The zero-order chi connectivity index (χ0) is 15.2. The second kappa shape index (κ2) is 7.19. The molecule has 0 bridgehead atoms. The van der Waals surface area contributed by atoms with Crippen LogP contribution in [0.4, 0.5) is 5.69 Å². The summed E-state index contributed by atoms with van der Waals surface area (Å²) in [6, 6.07) is 10.8. The zero-order valence-electron chi connectivity index (χ0n) is 11.9. The van der Waals surface area contributed by atoms with E-state index in [1.807, 2.05) is 12.1 Å². The van der Waals surface area contributed by atoms with Gasteiger partial charge in [-0.15, -0.1) is 0 Å². The van der Waals surface area contributed by atoms with Crippen molar-refractivity contribution in [3.63, 3.8) is 0 Å². The number of nitro benzene ring substituents is 1. The predicted molar refractivity (Wildman–Crippen MR) is 83.5 cm³/mol. The first-order valence-electron chi connectivity index (χ1n) is 6.71. The van der Waals surface area contributed by atoms with E-state index in [1.165, 1.54) is 29.5 Å². The Hall–Kier alpha value is -1.92. The van der Waals surface area contributed by atoms with Crippen molar-refractivity contribution in [3.8, 4) is 0 Å². The number of benzene rings is 1. The molecule has 0 fully saturated rings. The van der Waals surface area contributed by atoms with Crippen LogP contribution in [0.25, 0.3) is 0 Å². The lowest BCUT2D eigenvalue weighted by atomic mass is 10.1. The average Bonchev–Trinajstić information content (AvgIpc) is 2.48. The van der Waals surface area contributed by atoms with Crippen LogP contribution in [0.5, 0.6) is 0 Å². The average molecular weight is 303 g/mol. The molecule has 5 nitrogen and oxygen atoms in total. The van der Waals surface area contributed by atoms with Crippen molar-refractivity contribution >= 4 is 17.4 Å². The summed E-state index contributed by atoms with van der Waals surface area (Å²) in [5.41, 5.74) is 1.28. The van der Waals surface area contributed by atoms with E-state index in [4.69, 9.17) is 0 Å². The number of rotatable bonds is 6. The van der Waals surface area contributed by atoms with Crippen molar-refractivity contribution in [1.82, 2.24) is 10.3 Å². The third-order valence-corrected chi connectivity index (χ3v) is 3.98. The van der Waals surface area contributed by atoms with Crippen molar-refractivity contribution < 1.29 is 4.92 Å². The predicted octanol–water partition coefficient (Wildman–Crippen LogP) is 3.81. The van der Waals surface area contributed by atoms with E-state index in [0.717, 1.165) is 16.5 Å². The minimum Gasteiger partial charge on any atom is -0.310 e. The van der Waals surface area contributed by atoms with Gasteiger partial charge in [-0.05, 0) is 43.3 Å². The van der Waals surface area contributed by atoms with Crippen LogP contribution in [-0.4, -0.2) is 16.5 Å². The van der Waals surface area contributed by atoms with E-state index in [-0.39, 0.29) is 11.7 Å². The van der Waals surface area contributed by atoms with Gasteiger partial charge in [0.1, 0.15) is 5.03 Å². The fourth-order valence-electron chi connectivity index (χ4n) is 1.93. The van der Waals surface area contributed by atoms with Crippen molar-refractivity contribution in [3.05, 3.63) is 58.3 Å². The van der Waals surface area contributed by atoms with Crippen LogP contribution in [0, 0.1) is 10.1 Å². The smallest absolute Gasteiger partial charge is 0.269 e. The van der Waals surface area contributed by atoms with Gasteiger partial charge in [0.05, 0.1) is 4.92 Å². The molecular weight excluding hydrogens is 286 g/mol. The molecule has 0 saturated carbocycles. The van der Waals surface area contributed by atoms with Gasteiger partial charge in [-0.3, -0.25) is 10.1 Å².